The Morgan fingerprint density at radius 3 is 2.40 bits per heavy atom. The first kappa shape index (κ1) is 15.7. The van der Waals surface area contributed by atoms with Crippen LogP contribution >= 0.6 is 0 Å². The van der Waals surface area contributed by atoms with E-state index >= 15 is 0 Å². The van der Waals surface area contributed by atoms with E-state index in [1.807, 2.05) is 6.92 Å². The van der Waals surface area contributed by atoms with Crippen molar-refractivity contribution in [2.45, 2.75) is 24.3 Å². The Labute approximate surface area is 145 Å². The maximum Gasteiger partial charge on any atom is 0.279 e. The molecule has 2 aromatic heterocycles. The summed E-state index contributed by atoms with van der Waals surface area (Å²) in [6.07, 6.45) is 3.44. The molecule has 128 valence electrons. The quantitative estimate of drug-likeness (QED) is 0.714. The molecule has 7 heteroatoms. The lowest BCUT2D eigenvalue weighted by Crippen LogP contribution is -2.27. The van der Waals surface area contributed by atoms with Gasteiger partial charge in [-0.2, -0.15) is 17.9 Å². The second-order valence-electron chi connectivity index (χ2n) is 5.85. The molecule has 0 spiro atoms. The van der Waals surface area contributed by atoms with Crippen molar-refractivity contribution in [3.63, 3.8) is 0 Å². The highest BCUT2D eigenvalue weighted by molar-refractivity contribution is 7.89. The Balaban J connectivity index is 1.78. The zero-order chi connectivity index (χ0) is 17.4. The molecule has 0 saturated carbocycles. The highest BCUT2D eigenvalue weighted by Gasteiger charge is 2.39. The van der Waals surface area contributed by atoms with Crippen molar-refractivity contribution < 1.29 is 17.3 Å². The van der Waals surface area contributed by atoms with E-state index in [1.165, 1.54) is 12.5 Å². The van der Waals surface area contributed by atoms with Gasteiger partial charge in [-0.1, -0.05) is 17.7 Å². The van der Waals surface area contributed by atoms with Crippen molar-refractivity contribution in [3.8, 4) is 0 Å². The van der Waals surface area contributed by atoms with Gasteiger partial charge in [0.25, 0.3) is 10.0 Å². The lowest BCUT2D eigenvalue weighted by atomic mass is 10.1. The van der Waals surface area contributed by atoms with Crippen molar-refractivity contribution >= 4 is 15.7 Å². The number of hydrazone groups is 1. The topological polar surface area (TPSA) is 76.0 Å². The number of benzene rings is 1. The molecule has 1 aliphatic heterocycles. The summed E-state index contributed by atoms with van der Waals surface area (Å²) in [5.41, 5.74) is 1.56. The zero-order valence-electron chi connectivity index (χ0n) is 13.5. The number of rotatable bonds is 4. The third kappa shape index (κ3) is 2.76. The van der Waals surface area contributed by atoms with Gasteiger partial charge < -0.3 is 8.83 Å². The van der Waals surface area contributed by atoms with Gasteiger partial charge in [0.15, 0.2) is 0 Å². The minimum Gasteiger partial charge on any atom is -0.467 e. The normalized spacial score (nSPS) is 17.7. The highest BCUT2D eigenvalue weighted by Crippen LogP contribution is 2.37. The molecule has 0 N–H and O–H groups in total. The summed E-state index contributed by atoms with van der Waals surface area (Å²) >= 11 is 0. The summed E-state index contributed by atoms with van der Waals surface area (Å²) < 4.78 is 38.2. The van der Waals surface area contributed by atoms with Gasteiger partial charge in [-0.15, -0.1) is 0 Å². The average molecular weight is 356 g/mol. The van der Waals surface area contributed by atoms with Gasteiger partial charge in [0.1, 0.15) is 23.3 Å². The SMILES string of the molecule is Cc1ccc(S(=O)(=O)N2N=C(c3ccco3)C[C@H]2c2ccco2)cc1. The fourth-order valence-electron chi connectivity index (χ4n) is 2.81. The molecule has 3 heterocycles. The first-order valence-corrected chi connectivity index (χ1v) is 9.25. The van der Waals surface area contributed by atoms with Crippen LogP contribution in [0.1, 0.15) is 29.5 Å². The van der Waals surface area contributed by atoms with Crippen molar-refractivity contribution in [3.05, 3.63) is 78.1 Å². The molecule has 0 radical (unpaired) electrons. The summed E-state index contributed by atoms with van der Waals surface area (Å²) in [5, 5.41) is 4.35. The van der Waals surface area contributed by atoms with Crippen molar-refractivity contribution in [2.75, 3.05) is 0 Å². The van der Waals surface area contributed by atoms with E-state index in [0.29, 0.717) is 23.7 Å². The van der Waals surface area contributed by atoms with Crippen molar-refractivity contribution in [1.82, 2.24) is 4.41 Å². The Morgan fingerprint density at radius 2 is 1.76 bits per heavy atom. The summed E-state index contributed by atoms with van der Waals surface area (Å²) in [4.78, 5) is 0.194. The monoisotopic (exact) mass is 356 g/mol. The van der Waals surface area contributed by atoms with Crippen LogP contribution in [0.4, 0.5) is 0 Å². The molecule has 4 rings (SSSR count). The molecular formula is C18H16N2O4S. The van der Waals surface area contributed by atoms with Crippen LogP contribution in [0.15, 0.2) is 79.9 Å². The standard InChI is InChI=1S/C18H16N2O4S/c1-13-6-8-14(9-7-13)25(21,22)20-16(18-5-3-11-24-18)12-15(19-20)17-4-2-10-23-17/h2-11,16H,12H2,1H3/t16-/m0/s1. The van der Waals surface area contributed by atoms with Gasteiger partial charge in [-0.25, -0.2) is 0 Å². The minimum atomic E-state index is -3.81. The van der Waals surface area contributed by atoms with E-state index in [9.17, 15) is 8.42 Å². The van der Waals surface area contributed by atoms with Crippen LogP contribution in [0.2, 0.25) is 0 Å². The molecule has 25 heavy (non-hydrogen) atoms. The number of aryl methyl sites for hydroxylation is 1. The molecule has 0 fully saturated rings. The molecule has 0 aliphatic carbocycles. The van der Waals surface area contributed by atoms with E-state index in [-0.39, 0.29) is 4.90 Å². The first-order chi connectivity index (χ1) is 12.1. The van der Waals surface area contributed by atoms with Crippen molar-refractivity contribution in [1.29, 1.82) is 0 Å². The van der Waals surface area contributed by atoms with E-state index in [2.05, 4.69) is 5.10 Å². The summed E-state index contributed by atoms with van der Waals surface area (Å²) in [6.45, 7) is 1.91. The highest BCUT2D eigenvalue weighted by atomic mass is 32.2. The number of hydrogen-bond donors (Lipinski definition) is 0. The molecule has 1 atom stereocenters. The van der Waals surface area contributed by atoms with Crippen LogP contribution in [0, 0.1) is 6.92 Å². The lowest BCUT2D eigenvalue weighted by molar-refractivity contribution is 0.320. The van der Waals surface area contributed by atoms with Gasteiger partial charge in [0.05, 0.1) is 17.4 Å². The minimum absolute atomic E-state index is 0.194. The van der Waals surface area contributed by atoms with Gasteiger partial charge in [0, 0.05) is 6.42 Å². The third-order valence-electron chi connectivity index (χ3n) is 4.11. The number of hydrogen-bond acceptors (Lipinski definition) is 5. The van der Waals surface area contributed by atoms with E-state index < -0.39 is 16.1 Å². The van der Waals surface area contributed by atoms with Crippen LogP contribution in [0.5, 0.6) is 0 Å². The molecule has 1 aliphatic rings. The number of furan rings is 2. The van der Waals surface area contributed by atoms with Crippen LogP contribution in [0.3, 0.4) is 0 Å². The number of sulfonamides is 1. The molecule has 3 aromatic rings. The van der Waals surface area contributed by atoms with Crippen LogP contribution in [-0.2, 0) is 10.0 Å². The molecular weight excluding hydrogens is 340 g/mol. The Morgan fingerprint density at radius 1 is 1.04 bits per heavy atom. The van der Waals surface area contributed by atoms with Crippen LogP contribution in [0.25, 0.3) is 0 Å². The van der Waals surface area contributed by atoms with Crippen LogP contribution in [-0.4, -0.2) is 18.5 Å². The fraction of sp³-hybridized carbons (Fsp3) is 0.167. The smallest absolute Gasteiger partial charge is 0.279 e. The van der Waals surface area contributed by atoms with E-state index in [0.717, 1.165) is 9.98 Å². The van der Waals surface area contributed by atoms with E-state index in [1.54, 1.807) is 48.5 Å². The molecule has 0 unspecified atom stereocenters. The molecule has 0 saturated heterocycles. The Hall–Kier alpha value is -2.80. The maximum atomic E-state index is 13.1. The Kier molecular flexibility index (Phi) is 3.73. The first-order valence-electron chi connectivity index (χ1n) is 7.81. The fourth-order valence-corrected chi connectivity index (χ4v) is 4.23. The largest absolute Gasteiger partial charge is 0.467 e. The van der Waals surface area contributed by atoms with Gasteiger partial charge in [-0.05, 0) is 43.3 Å². The average Bonchev–Trinajstić information content (AvgIpc) is 3.34. The summed E-state index contributed by atoms with van der Waals surface area (Å²) in [6, 6.07) is 13.2. The van der Waals surface area contributed by atoms with Gasteiger partial charge in [0.2, 0.25) is 0 Å². The predicted molar refractivity (Wildman–Crippen MR) is 91.5 cm³/mol. The van der Waals surface area contributed by atoms with Crippen molar-refractivity contribution in [2.24, 2.45) is 5.10 Å². The summed E-state index contributed by atoms with van der Waals surface area (Å²) in [5.74, 6) is 1.10. The second kappa shape index (κ2) is 5.93. The molecule has 1 aromatic carbocycles. The number of nitrogens with zero attached hydrogens (tertiary/aromatic N) is 2. The third-order valence-corrected chi connectivity index (χ3v) is 5.81. The zero-order valence-corrected chi connectivity index (χ0v) is 14.3. The lowest BCUT2D eigenvalue weighted by Gasteiger charge is -2.21. The van der Waals surface area contributed by atoms with Gasteiger partial charge >= 0.3 is 0 Å². The molecule has 0 amide bonds. The maximum absolute atomic E-state index is 13.1. The predicted octanol–water partition coefficient (Wildman–Crippen LogP) is 3.72. The summed E-state index contributed by atoms with van der Waals surface area (Å²) in [7, 11) is -3.81. The molecule has 0 bridgehead atoms. The molecule has 6 nitrogen and oxygen atoms in total. The Bertz CT molecular complexity index is 988. The van der Waals surface area contributed by atoms with Gasteiger partial charge in [-0.3, -0.25) is 0 Å². The second-order valence-corrected chi connectivity index (χ2v) is 7.65. The van der Waals surface area contributed by atoms with Crippen LogP contribution < -0.4 is 0 Å². The van der Waals surface area contributed by atoms with E-state index in [4.69, 9.17) is 8.83 Å².